The summed E-state index contributed by atoms with van der Waals surface area (Å²) in [4.78, 5) is 17.1. The minimum Gasteiger partial charge on any atom is -0.478 e. The summed E-state index contributed by atoms with van der Waals surface area (Å²) in [6.07, 6.45) is 4.45. The fourth-order valence-electron chi connectivity index (χ4n) is 2.39. The van der Waals surface area contributed by atoms with Crippen molar-refractivity contribution in [2.24, 2.45) is 5.92 Å². The highest BCUT2D eigenvalue weighted by atomic mass is 16.4. The number of pyridine rings is 1. The van der Waals surface area contributed by atoms with Crippen molar-refractivity contribution in [2.45, 2.75) is 19.3 Å². The summed E-state index contributed by atoms with van der Waals surface area (Å²) >= 11 is 0. The third-order valence-electron chi connectivity index (χ3n) is 3.38. The zero-order valence-electron chi connectivity index (χ0n) is 10.2. The highest BCUT2D eigenvalue weighted by molar-refractivity contribution is 5.87. The fourth-order valence-corrected chi connectivity index (χ4v) is 2.39. The van der Waals surface area contributed by atoms with E-state index in [0.29, 0.717) is 5.92 Å². The predicted molar refractivity (Wildman–Crippen MR) is 67.8 cm³/mol. The van der Waals surface area contributed by atoms with Gasteiger partial charge in [-0.3, -0.25) is 0 Å². The van der Waals surface area contributed by atoms with E-state index in [9.17, 15) is 4.79 Å². The Bertz CT molecular complexity index is 403. The number of aliphatic hydroxyl groups is 1. The number of carboxylic acid groups (broad SMARTS) is 1. The number of aliphatic hydroxyl groups excluding tert-OH is 1. The van der Waals surface area contributed by atoms with Crippen LogP contribution in [0.5, 0.6) is 0 Å². The van der Waals surface area contributed by atoms with Crippen molar-refractivity contribution in [1.82, 2.24) is 4.98 Å². The molecule has 18 heavy (non-hydrogen) atoms. The van der Waals surface area contributed by atoms with Crippen LogP contribution in [0, 0.1) is 5.92 Å². The van der Waals surface area contributed by atoms with Gasteiger partial charge in [0.05, 0.1) is 5.56 Å². The molecular formula is C13H18N2O3. The molecule has 0 radical (unpaired) electrons. The third kappa shape index (κ3) is 2.98. The zero-order chi connectivity index (χ0) is 13.0. The van der Waals surface area contributed by atoms with Crippen LogP contribution in [-0.4, -0.2) is 40.9 Å². The van der Waals surface area contributed by atoms with Gasteiger partial charge in [0.25, 0.3) is 0 Å². The monoisotopic (exact) mass is 250 g/mol. The molecule has 0 aliphatic carbocycles. The number of hydrogen-bond donors (Lipinski definition) is 2. The van der Waals surface area contributed by atoms with Gasteiger partial charge in [-0.05, 0) is 37.3 Å². The maximum absolute atomic E-state index is 10.7. The lowest BCUT2D eigenvalue weighted by Crippen LogP contribution is -2.36. The molecule has 1 aromatic heterocycles. The first-order chi connectivity index (χ1) is 8.70. The normalized spacial score (nSPS) is 19.8. The average molecular weight is 250 g/mol. The topological polar surface area (TPSA) is 73.7 Å². The Hall–Kier alpha value is -1.62. The van der Waals surface area contributed by atoms with E-state index in [-0.39, 0.29) is 12.2 Å². The first-order valence-electron chi connectivity index (χ1n) is 6.26. The Morgan fingerprint density at radius 1 is 1.50 bits per heavy atom. The van der Waals surface area contributed by atoms with Gasteiger partial charge in [0.2, 0.25) is 0 Å². The van der Waals surface area contributed by atoms with Crippen LogP contribution in [0.1, 0.15) is 29.6 Å². The second-order valence-corrected chi connectivity index (χ2v) is 4.68. The molecule has 1 aromatic rings. The van der Waals surface area contributed by atoms with Gasteiger partial charge in [-0.2, -0.15) is 0 Å². The number of anilines is 1. The SMILES string of the molecule is O=C(O)c1ccc(N2CCCC(CCO)C2)nc1. The number of aromatic nitrogens is 1. The molecule has 98 valence electrons. The molecule has 1 aliphatic heterocycles. The fraction of sp³-hybridized carbons (Fsp3) is 0.538. The van der Waals surface area contributed by atoms with Gasteiger partial charge in [-0.25, -0.2) is 9.78 Å². The number of piperidine rings is 1. The lowest BCUT2D eigenvalue weighted by molar-refractivity contribution is 0.0696. The molecule has 1 aliphatic rings. The molecule has 5 nitrogen and oxygen atoms in total. The lowest BCUT2D eigenvalue weighted by Gasteiger charge is -2.33. The molecule has 1 fully saturated rings. The maximum Gasteiger partial charge on any atom is 0.337 e. The quantitative estimate of drug-likeness (QED) is 0.844. The van der Waals surface area contributed by atoms with E-state index in [2.05, 4.69) is 9.88 Å². The first kappa shape index (κ1) is 12.8. The molecule has 2 rings (SSSR count). The van der Waals surface area contributed by atoms with Crippen LogP contribution in [0.3, 0.4) is 0 Å². The molecular weight excluding hydrogens is 232 g/mol. The van der Waals surface area contributed by atoms with Crippen LogP contribution >= 0.6 is 0 Å². The minimum absolute atomic E-state index is 0.211. The number of carboxylic acids is 1. The highest BCUT2D eigenvalue weighted by Gasteiger charge is 2.20. The van der Waals surface area contributed by atoms with E-state index >= 15 is 0 Å². The zero-order valence-corrected chi connectivity index (χ0v) is 10.2. The van der Waals surface area contributed by atoms with Gasteiger partial charge < -0.3 is 15.1 Å². The predicted octanol–water partition coefficient (Wildman–Crippen LogP) is 1.38. The molecule has 0 amide bonds. The van der Waals surface area contributed by atoms with Crippen LogP contribution in [0.25, 0.3) is 0 Å². The Morgan fingerprint density at radius 2 is 2.33 bits per heavy atom. The molecule has 1 unspecified atom stereocenters. The van der Waals surface area contributed by atoms with Crippen molar-refractivity contribution in [3.63, 3.8) is 0 Å². The summed E-state index contributed by atoms with van der Waals surface area (Å²) in [7, 11) is 0. The van der Waals surface area contributed by atoms with Crippen molar-refractivity contribution >= 4 is 11.8 Å². The maximum atomic E-state index is 10.7. The summed E-state index contributed by atoms with van der Waals surface area (Å²) in [5, 5.41) is 17.8. The first-order valence-corrected chi connectivity index (χ1v) is 6.26. The summed E-state index contributed by atoms with van der Waals surface area (Å²) in [6.45, 7) is 2.06. The lowest BCUT2D eigenvalue weighted by atomic mass is 9.95. The molecule has 0 spiro atoms. The summed E-state index contributed by atoms with van der Waals surface area (Å²) in [5.41, 5.74) is 0.211. The molecule has 0 aromatic carbocycles. The van der Waals surface area contributed by atoms with Gasteiger partial charge in [0, 0.05) is 25.9 Å². The summed E-state index contributed by atoms with van der Waals surface area (Å²) in [6, 6.07) is 3.34. The Morgan fingerprint density at radius 3 is 2.94 bits per heavy atom. The summed E-state index contributed by atoms with van der Waals surface area (Å²) in [5.74, 6) is 0.373. The highest BCUT2D eigenvalue weighted by Crippen LogP contribution is 2.23. The molecule has 5 heteroatoms. The molecule has 2 N–H and O–H groups in total. The van der Waals surface area contributed by atoms with Crippen LogP contribution in [0.2, 0.25) is 0 Å². The van der Waals surface area contributed by atoms with E-state index in [1.807, 2.05) is 0 Å². The van der Waals surface area contributed by atoms with E-state index in [4.69, 9.17) is 10.2 Å². The van der Waals surface area contributed by atoms with Crippen molar-refractivity contribution in [1.29, 1.82) is 0 Å². The van der Waals surface area contributed by atoms with Crippen molar-refractivity contribution in [3.8, 4) is 0 Å². The number of hydrogen-bond acceptors (Lipinski definition) is 4. The Balaban J connectivity index is 2.04. The van der Waals surface area contributed by atoms with Gasteiger partial charge >= 0.3 is 5.97 Å². The van der Waals surface area contributed by atoms with Crippen LogP contribution in [0.15, 0.2) is 18.3 Å². The molecule has 1 atom stereocenters. The molecule has 2 heterocycles. The Kier molecular flexibility index (Phi) is 4.15. The smallest absolute Gasteiger partial charge is 0.337 e. The third-order valence-corrected chi connectivity index (χ3v) is 3.38. The second kappa shape index (κ2) is 5.82. The molecule has 0 bridgehead atoms. The van der Waals surface area contributed by atoms with Gasteiger partial charge in [-0.1, -0.05) is 0 Å². The van der Waals surface area contributed by atoms with Crippen LogP contribution in [-0.2, 0) is 0 Å². The average Bonchev–Trinajstić information content (AvgIpc) is 2.39. The van der Waals surface area contributed by atoms with Crippen LogP contribution in [0.4, 0.5) is 5.82 Å². The number of rotatable bonds is 4. The largest absolute Gasteiger partial charge is 0.478 e. The van der Waals surface area contributed by atoms with Crippen molar-refractivity contribution in [3.05, 3.63) is 23.9 Å². The van der Waals surface area contributed by atoms with Gasteiger partial charge in [0.15, 0.2) is 0 Å². The minimum atomic E-state index is -0.953. The number of aromatic carboxylic acids is 1. The van der Waals surface area contributed by atoms with Crippen molar-refractivity contribution < 1.29 is 15.0 Å². The van der Waals surface area contributed by atoms with Gasteiger partial charge in [0.1, 0.15) is 5.82 Å². The van der Waals surface area contributed by atoms with E-state index in [1.165, 1.54) is 6.20 Å². The summed E-state index contributed by atoms with van der Waals surface area (Å²) < 4.78 is 0. The second-order valence-electron chi connectivity index (χ2n) is 4.68. The standard InChI is InChI=1S/C13H18N2O3/c16-7-5-10-2-1-6-15(9-10)12-4-3-11(8-14-12)13(17)18/h3-4,8,10,16H,1-2,5-7,9H2,(H,17,18). The van der Waals surface area contributed by atoms with Gasteiger partial charge in [-0.15, -0.1) is 0 Å². The number of nitrogens with zero attached hydrogens (tertiary/aromatic N) is 2. The molecule has 1 saturated heterocycles. The van der Waals surface area contributed by atoms with E-state index in [0.717, 1.165) is 38.2 Å². The Labute approximate surface area is 106 Å². The van der Waals surface area contributed by atoms with E-state index in [1.54, 1.807) is 12.1 Å². The number of carbonyl (C=O) groups is 1. The van der Waals surface area contributed by atoms with Crippen molar-refractivity contribution in [2.75, 3.05) is 24.6 Å². The van der Waals surface area contributed by atoms with Crippen LogP contribution < -0.4 is 4.90 Å². The molecule has 0 saturated carbocycles. The van der Waals surface area contributed by atoms with E-state index < -0.39 is 5.97 Å².